The van der Waals surface area contributed by atoms with Crippen molar-refractivity contribution in [3.05, 3.63) is 17.8 Å². The molecule has 23 heavy (non-hydrogen) atoms. The molecule has 1 saturated carbocycles. The number of hydrogen-bond donors (Lipinski definition) is 0. The van der Waals surface area contributed by atoms with Gasteiger partial charge in [-0.05, 0) is 19.8 Å². The van der Waals surface area contributed by atoms with E-state index in [4.69, 9.17) is 4.42 Å². The minimum Gasteiger partial charge on any atom is -0.445 e. The van der Waals surface area contributed by atoms with Crippen LogP contribution in [0.3, 0.4) is 0 Å². The van der Waals surface area contributed by atoms with Gasteiger partial charge in [0.05, 0.1) is 12.7 Å². The van der Waals surface area contributed by atoms with E-state index in [9.17, 15) is 0 Å². The second-order valence-corrected chi connectivity index (χ2v) is 7.58. The predicted octanol–water partition coefficient (Wildman–Crippen LogP) is 2.12. The van der Waals surface area contributed by atoms with E-state index < -0.39 is 0 Å². The van der Waals surface area contributed by atoms with Gasteiger partial charge in [0.1, 0.15) is 5.76 Å². The second kappa shape index (κ2) is 6.91. The summed E-state index contributed by atoms with van der Waals surface area (Å²) in [5, 5.41) is 0. The zero-order valence-corrected chi connectivity index (χ0v) is 14.4. The number of aromatic nitrogens is 1. The van der Waals surface area contributed by atoms with Crippen molar-refractivity contribution in [2.75, 3.05) is 39.3 Å². The van der Waals surface area contributed by atoms with Crippen molar-refractivity contribution < 1.29 is 4.42 Å². The van der Waals surface area contributed by atoms with Crippen LogP contribution in [0, 0.1) is 6.92 Å². The number of nitrogens with zero attached hydrogens (tertiary/aromatic N) is 4. The molecule has 0 aromatic carbocycles. The minimum absolute atomic E-state index is 0.750. The largest absolute Gasteiger partial charge is 0.445 e. The highest BCUT2D eigenvalue weighted by Crippen LogP contribution is 2.25. The van der Waals surface area contributed by atoms with E-state index in [0.29, 0.717) is 0 Å². The molecule has 2 saturated heterocycles. The quantitative estimate of drug-likeness (QED) is 0.850. The molecule has 3 fully saturated rings. The maximum atomic E-state index is 5.58. The van der Waals surface area contributed by atoms with Crippen LogP contribution in [0.1, 0.15) is 43.8 Å². The van der Waals surface area contributed by atoms with E-state index in [-0.39, 0.29) is 0 Å². The third kappa shape index (κ3) is 3.62. The van der Waals surface area contributed by atoms with Crippen LogP contribution in [0.15, 0.2) is 10.6 Å². The number of aryl methyl sites for hydroxylation is 1. The molecule has 1 aromatic rings. The summed E-state index contributed by atoms with van der Waals surface area (Å²) in [5.74, 6) is 1.78. The Labute approximate surface area is 139 Å². The topological polar surface area (TPSA) is 35.8 Å². The van der Waals surface area contributed by atoms with E-state index in [0.717, 1.165) is 30.3 Å². The van der Waals surface area contributed by atoms with Crippen molar-refractivity contribution in [1.82, 2.24) is 19.7 Å². The van der Waals surface area contributed by atoms with Gasteiger partial charge in [0.25, 0.3) is 0 Å². The highest BCUT2D eigenvalue weighted by molar-refractivity contribution is 4.96. The van der Waals surface area contributed by atoms with Gasteiger partial charge in [-0.1, -0.05) is 19.3 Å². The highest BCUT2D eigenvalue weighted by Gasteiger charge is 2.35. The van der Waals surface area contributed by atoms with E-state index in [1.807, 2.05) is 13.1 Å². The van der Waals surface area contributed by atoms with Gasteiger partial charge in [0.15, 0.2) is 0 Å². The summed E-state index contributed by atoms with van der Waals surface area (Å²) in [6.07, 6.45) is 9.04. The summed E-state index contributed by atoms with van der Waals surface area (Å²) >= 11 is 0. The summed E-state index contributed by atoms with van der Waals surface area (Å²) in [6.45, 7) is 10.2. The minimum atomic E-state index is 0.750. The lowest BCUT2D eigenvalue weighted by Gasteiger charge is -2.49. The molecule has 128 valence electrons. The van der Waals surface area contributed by atoms with Gasteiger partial charge < -0.3 is 4.42 Å². The lowest BCUT2D eigenvalue weighted by Crippen LogP contribution is -2.63. The van der Waals surface area contributed by atoms with E-state index >= 15 is 0 Å². The Morgan fingerprint density at radius 3 is 2.26 bits per heavy atom. The maximum Gasteiger partial charge on any atom is 0.208 e. The van der Waals surface area contributed by atoms with Crippen molar-refractivity contribution in [1.29, 1.82) is 0 Å². The fourth-order valence-corrected chi connectivity index (χ4v) is 4.48. The normalized spacial score (nSPS) is 26.5. The third-order valence-electron chi connectivity index (χ3n) is 5.92. The van der Waals surface area contributed by atoms with Crippen LogP contribution in [0.4, 0.5) is 0 Å². The van der Waals surface area contributed by atoms with Crippen LogP contribution in [0.25, 0.3) is 0 Å². The molecule has 0 unspecified atom stereocenters. The molecule has 0 N–H and O–H groups in total. The van der Waals surface area contributed by atoms with Gasteiger partial charge in [-0.15, -0.1) is 0 Å². The summed E-state index contributed by atoms with van der Waals surface area (Å²) in [5.41, 5.74) is 0. The van der Waals surface area contributed by atoms with Crippen LogP contribution < -0.4 is 0 Å². The summed E-state index contributed by atoms with van der Waals surface area (Å²) < 4.78 is 5.58. The van der Waals surface area contributed by atoms with Crippen LogP contribution in [0.5, 0.6) is 0 Å². The number of likely N-dealkylation sites (tertiary alicyclic amines) is 1. The van der Waals surface area contributed by atoms with Gasteiger partial charge in [-0.25, -0.2) is 4.98 Å². The first-order valence-corrected chi connectivity index (χ1v) is 9.40. The monoisotopic (exact) mass is 318 g/mol. The molecule has 2 aliphatic heterocycles. The molecule has 3 heterocycles. The van der Waals surface area contributed by atoms with Crippen molar-refractivity contribution in [3.63, 3.8) is 0 Å². The molecule has 4 rings (SSSR count). The Bertz CT molecular complexity index is 497. The zero-order chi connectivity index (χ0) is 15.6. The predicted molar refractivity (Wildman–Crippen MR) is 90.3 cm³/mol. The van der Waals surface area contributed by atoms with Crippen molar-refractivity contribution >= 4 is 0 Å². The smallest absolute Gasteiger partial charge is 0.208 e. The van der Waals surface area contributed by atoms with Gasteiger partial charge in [-0.2, -0.15) is 0 Å². The summed E-state index contributed by atoms with van der Waals surface area (Å²) in [7, 11) is 0. The third-order valence-corrected chi connectivity index (χ3v) is 5.92. The molecule has 0 bridgehead atoms. The summed E-state index contributed by atoms with van der Waals surface area (Å²) in [6, 6.07) is 1.64. The lowest BCUT2D eigenvalue weighted by molar-refractivity contribution is -0.0132. The van der Waals surface area contributed by atoms with E-state index in [1.165, 1.54) is 71.4 Å². The van der Waals surface area contributed by atoms with Gasteiger partial charge in [-0.3, -0.25) is 14.7 Å². The molecule has 0 amide bonds. The first kappa shape index (κ1) is 15.6. The Morgan fingerprint density at radius 1 is 1.00 bits per heavy atom. The average Bonchev–Trinajstić information content (AvgIpc) is 2.97. The fraction of sp³-hybridized carbons (Fsp3) is 0.833. The molecule has 0 spiro atoms. The van der Waals surface area contributed by atoms with Crippen LogP contribution >= 0.6 is 0 Å². The Balaban J connectivity index is 1.18. The number of rotatable bonds is 4. The van der Waals surface area contributed by atoms with Gasteiger partial charge in [0.2, 0.25) is 5.89 Å². The molecule has 1 aliphatic carbocycles. The Kier molecular flexibility index (Phi) is 4.69. The molecular formula is C18H30N4O. The maximum absolute atomic E-state index is 5.58. The number of oxazole rings is 1. The van der Waals surface area contributed by atoms with E-state index in [1.54, 1.807) is 0 Å². The fourth-order valence-electron chi connectivity index (χ4n) is 4.48. The second-order valence-electron chi connectivity index (χ2n) is 7.58. The van der Waals surface area contributed by atoms with Crippen molar-refractivity contribution in [2.24, 2.45) is 0 Å². The molecule has 5 nitrogen and oxygen atoms in total. The first-order valence-electron chi connectivity index (χ1n) is 9.40. The SMILES string of the molecule is Cc1cnc(CN2CC(N3CCN(C4CCCCC4)CC3)C2)o1. The standard InChI is InChI=1S/C18H30N4O/c1-15-11-19-18(23-15)14-20-12-17(13-20)22-9-7-21(8-10-22)16-5-3-2-4-6-16/h11,16-17H,2-10,12-14H2,1H3. The molecule has 0 radical (unpaired) electrons. The van der Waals surface area contributed by atoms with Gasteiger partial charge >= 0.3 is 0 Å². The molecular weight excluding hydrogens is 288 g/mol. The Hall–Kier alpha value is -0.910. The number of hydrogen-bond acceptors (Lipinski definition) is 5. The van der Waals surface area contributed by atoms with Crippen LogP contribution in [-0.4, -0.2) is 71.0 Å². The summed E-state index contributed by atoms with van der Waals surface area (Å²) in [4.78, 5) is 12.2. The number of piperazine rings is 1. The van der Waals surface area contributed by atoms with Crippen LogP contribution in [-0.2, 0) is 6.54 Å². The Morgan fingerprint density at radius 2 is 1.65 bits per heavy atom. The molecule has 3 aliphatic rings. The van der Waals surface area contributed by atoms with Crippen LogP contribution in [0.2, 0.25) is 0 Å². The average molecular weight is 318 g/mol. The van der Waals surface area contributed by atoms with Crippen molar-refractivity contribution in [2.45, 2.75) is 57.7 Å². The molecule has 5 heteroatoms. The molecule has 1 aromatic heterocycles. The molecule has 0 atom stereocenters. The zero-order valence-electron chi connectivity index (χ0n) is 14.4. The van der Waals surface area contributed by atoms with Crippen molar-refractivity contribution in [3.8, 4) is 0 Å². The van der Waals surface area contributed by atoms with Gasteiger partial charge in [0, 0.05) is 51.4 Å². The lowest BCUT2D eigenvalue weighted by atomic mass is 9.93. The first-order chi connectivity index (χ1) is 11.3. The highest BCUT2D eigenvalue weighted by atomic mass is 16.4. The van der Waals surface area contributed by atoms with E-state index in [2.05, 4.69) is 19.7 Å².